The Bertz CT molecular complexity index is 1030. The second-order valence-corrected chi connectivity index (χ2v) is 8.25. The summed E-state index contributed by atoms with van der Waals surface area (Å²) in [6.45, 7) is 1.94. The Labute approximate surface area is 177 Å². The summed E-state index contributed by atoms with van der Waals surface area (Å²) in [4.78, 5) is 25.7. The summed E-state index contributed by atoms with van der Waals surface area (Å²) >= 11 is 7.73. The van der Waals surface area contributed by atoms with E-state index < -0.39 is 6.29 Å². The quantitative estimate of drug-likeness (QED) is 0.580. The number of anilines is 1. The minimum Gasteiger partial charge on any atom is -0.322 e. The Hall–Kier alpha value is -2.68. The Balaban J connectivity index is 1.61. The zero-order valence-electron chi connectivity index (χ0n) is 15.7. The van der Waals surface area contributed by atoms with Crippen molar-refractivity contribution in [2.75, 3.05) is 5.32 Å². The zero-order chi connectivity index (χ0) is 20.4. The van der Waals surface area contributed by atoms with Gasteiger partial charge in [-0.1, -0.05) is 35.9 Å². The number of halogens is 1. The van der Waals surface area contributed by atoms with Gasteiger partial charge in [-0.15, -0.1) is 11.3 Å². The van der Waals surface area contributed by atoms with Gasteiger partial charge in [0.05, 0.1) is 11.3 Å². The number of hydrogen-bond acceptors (Lipinski definition) is 5. The molecule has 4 rings (SSSR count). The lowest BCUT2D eigenvalue weighted by molar-refractivity contribution is -0.125. The Kier molecular flexibility index (Phi) is 5.66. The van der Waals surface area contributed by atoms with Crippen molar-refractivity contribution in [1.29, 1.82) is 0 Å². The minimum atomic E-state index is -0.546. The number of rotatable bonds is 5. The first kappa shape index (κ1) is 19.6. The molecule has 1 saturated heterocycles. The number of hydrogen-bond donors (Lipinski definition) is 3. The molecule has 0 saturated carbocycles. The number of carbonyl (C=O) groups is 2. The van der Waals surface area contributed by atoms with Crippen molar-refractivity contribution in [3.63, 3.8) is 0 Å². The summed E-state index contributed by atoms with van der Waals surface area (Å²) in [7, 11) is 0. The fraction of sp³-hybridized carbons (Fsp3) is 0.250. The Morgan fingerprint density at radius 2 is 2.17 bits per heavy atom. The third kappa shape index (κ3) is 4.50. The minimum absolute atomic E-state index is 0.00480. The van der Waals surface area contributed by atoms with Crippen LogP contribution in [0, 0.1) is 0 Å². The maximum atomic E-state index is 12.7. The molecule has 1 aromatic carbocycles. The predicted octanol–water partition coefficient (Wildman–Crippen LogP) is 3.40. The van der Waals surface area contributed by atoms with Gasteiger partial charge >= 0.3 is 0 Å². The molecule has 0 radical (unpaired) electrons. The third-order valence-corrected chi connectivity index (χ3v) is 5.82. The molecule has 1 aliphatic rings. The molecular formula is C20H20ClN5O2S. The van der Waals surface area contributed by atoms with Crippen LogP contribution < -0.4 is 16.0 Å². The lowest BCUT2D eigenvalue weighted by Gasteiger charge is -2.30. The molecule has 9 heteroatoms. The molecule has 3 N–H and O–H groups in total. The van der Waals surface area contributed by atoms with Crippen LogP contribution in [0.25, 0.3) is 10.6 Å². The van der Waals surface area contributed by atoms with Gasteiger partial charge in [0.25, 0.3) is 0 Å². The van der Waals surface area contributed by atoms with E-state index in [0.29, 0.717) is 17.3 Å². The first-order chi connectivity index (χ1) is 14.0. The van der Waals surface area contributed by atoms with E-state index in [1.54, 1.807) is 22.1 Å². The number of amides is 2. The molecule has 1 fully saturated rings. The molecule has 29 heavy (non-hydrogen) atoms. The van der Waals surface area contributed by atoms with E-state index in [2.05, 4.69) is 21.0 Å². The van der Waals surface area contributed by atoms with Gasteiger partial charge in [0.2, 0.25) is 11.8 Å². The summed E-state index contributed by atoms with van der Waals surface area (Å²) < 4.78 is 1.60. The first-order valence-electron chi connectivity index (χ1n) is 9.21. The fourth-order valence-electron chi connectivity index (χ4n) is 3.22. The van der Waals surface area contributed by atoms with Crippen molar-refractivity contribution < 1.29 is 9.59 Å². The smallest absolute Gasteiger partial charge is 0.229 e. The van der Waals surface area contributed by atoms with E-state index in [-0.39, 0.29) is 24.3 Å². The van der Waals surface area contributed by atoms with Crippen molar-refractivity contribution >= 4 is 40.6 Å². The van der Waals surface area contributed by atoms with Crippen molar-refractivity contribution in [2.45, 2.75) is 32.1 Å². The monoisotopic (exact) mass is 429 g/mol. The van der Waals surface area contributed by atoms with E-state index in [1.165, 1.54) is 0 Å². The molecule has 2 amide bonds. The maximum Gasteiger partial charge on any atom is 0.229 e. The van der Waals surface area contributed by atoms with Gasteiger partial charge in [-0.3, -0.25) is 14.9 Å². The largest absolute Gasteiger partial charge is 0.322 e. The normalized spacial score (nSPS) is 19.0. The van der Waals surface area contributed by atoms with Crippen LogP contribution in [0.4, 0.5) is 5.82 Å². The molecule has 2 atom stereocenters. The predicted molar refractivity (Wildman–Crippen MR) is 114 cm³/mol. The van der Waals surface area contributed by atoms with Crippen molar-refractivity contribution in [2.24, 2.45) is 0 Å². The van der Waals surface area contributed by atoms with E-state index >= 15 is 0 Å². The van der Waals surface area contributed by atoms with E-state index in [0.717, 1.165) is 16.1 Å². The lowest BCUT2D eigenvalue weighted by Crippen LogP contribution is -2.52. The van der Waals surface area contributed by atoms with Crippen molar-refractivity contribution in [3.05, 3.63) is 58.4 Å². The third-order valence-electron chi connectivity index (χ3n) is 4.56. The SMILES string of the molecule is CC1CC(=O)NC(n2nc(-c3cccs3)cc2NC(=O)Cc2ccccc2Cl)N1. The summed E-state index contributed by atoms with van der Waals surface area (Å²) in [5, 5.41) is 16.2. The molecular weight excluding hydrogens is 410 g/mol. The molecule has 150 valence electrons. The van der Waals surface area contributed by atoms with Gasteiger partial charge in [-0.2, -0.15) is 5.10 Å². The molecule has 3 heterocycles. The second-order valence-electron chi connectivity index (χ2n) is 6.89. The highest BCUT2D eigenvalue weighted by molar-refractivity contribution is 7.13. The van der Waals surface area contributed by atoms with Crippen LogP contribution in [0.15, 0.2) is 47.8 Å². The highest BCUT2D eigenvalue weighted by atomic mass is 35.5. The van der Waals surface area contributed by atoms with E-state index in [9.17, 15) is 9.59 Å². The number of benzene rings is 1. The van der Waals surface area contributed by atoms with Crippen molar-refractivity contribution in [1.82, 2.24) is 20.4 Å². The Morgan fingerprint density at radius 3 is 2.90 bits per heavy atom. The summed E-state index contributed by atoms with van der Waals surface area (Å²) in [6.07, 6.45) is -0.0142. The van der Waals surface area contributed by atoms with Crippen molar-refractivity contribution in [3.8, 4) is 10.6 Å². The molecule has 3 aromatic rings. The molecule has 7 nitrogen and oxygen atoms in total. The van der Waals surface area contributed by atoms with Crippen LogP contribution >= 0.6 is 22.9 Å². The van der Waals surface area contributed by atoms with Crippen LogP contribution in [0.5, 0.6) is 0 Å². The summed E-state index contributed by atoms with van der Waals surface area (Å²) in [6, 6.07) is 13.0. The number of aromatic nitrogens is 2. The highest BCUT2D eigenvalue weighted by Crippen LogP contribution is 2.28. The molecule has 1 aliphatic heterocycles. The molecule has 0 bridgehead atoms. The lowest BCUT2D eigenvalue weighted by atomic mass is 10.1. The van der Waals surface area contributed by atoms with E-state index in [4.69, 9.17) is 11.6 Å². The van der Waals surface area contributed by atoms with Crippen LogP contribution in [0.2, 0.25) is 5.02 Å². The Morgan fingerprint density at radius 1 is 1.34 bits per heavy atom. The average molecular weight is 430 g/mol. The fourth-order valence-corrected chi connectivity index (χ4v) is 4.11. The number of carbonyl (C=O) groups excluding carboxylic acids is 2. The zero-order valence-corrected chi connectivity index (χ0v) is 17.3. The summed E-state index contributed by atoms with van der Waals surface area (Å²) in [5.41, 5.74) is 1.47. The van der Waals surface area contributed by atoms with Gasteiger partial charge in [-0.05, 0) is 30.0 Å². The standard InChI is InChI=1S/C20H20ClN5O2S/c1-12-9-18(27)24-20(22-12)26-17(11-15(25-26)16-7-4-8-29-16)23-19(28)10-13-5-2-3-6-14(13)21/h2-8,11-12,20,22H,9-10H2,1H3,(H,23,28)(H,24,27). The van der Waals surface area contributed by atoms with Gasteiger partial charge in [0.15, 0.2) is 6.29 Å². The summed E-state index contributed by atoms with van der Waals surface area (Å²) in [5.74, 6) is 0.215. The first-order valence-corrected chi connectivity index (χ1v) is 10.5. The van der Waals surface area contributed by atoms with Crippen LogP contribution in [-0.4, -0.2) is 27.6 Å². The van der Waals surface area contributed by atoms with Gasteiger partial charge < -0.3 is 10.6 Å². The van der Waals surface area contributed by atoms with Crippen LogP contribution in [-0.2, 0) is 16.0 Å². The van der Waals surface area contributed by atoms with Gasteiger partial charge in [-0.25, -0.2) is 4.68 Å². The van der Waals surface area contributed by atoms with Gasteiger partial charge in [0.1, 0.15) is 11.5 Å². The molecule has 0 spiro atoms. The number of nitrogens with one attached hydrogen (secondary N) is 3. The maximum absolute atomic E-state index is 12.7. The average Bonchev–Trinajstić information content (AvgIpc) is 3.32. The number of nitrogens with zero attached hydrogens (tertiary/aromatic N) is 2. The molecule has 2 unspecified atom stereocenters. The second kappa shape index (κ2) is 8.36. The topological polar surface area (TPSA) is 88.1 Å². The van der Waals surface area contributed by atoms with Gasteiger partial charge in [0, 0.05) is 23.6 Å². The van der Waals surface area contributed by atoms with Crippen LogP contribution in [0.1, 0.15) is 25.2 Å². The van der Waals surface area contributed by atoms with Crippen LogP contribution in [0.3, 0.4) is 0 Å². The molecule has 0 aliphatic carbocycles. The highest BCUT2D eigenvalue weighted by Gasteiger charge is 2.27. The number of thiophene rings is 1. The molecule has 2 aromatic heterocycles. The van der Waals surface area contributed by atoms with E-state index in [1.807, 2.05) is 48.7 Å².